The standard InChI is InChI=1S/C14H19F2NO5/c1-20-12-9-10(3-4-11(12)22-14(15)16)13(19)17-5-8-21-7-2-6-18/h3-4,9,14,18H,2,5-8H2,1H3,(H,17,19). The fourth-order valence-corrected chi connectivity index (χ4v) is 1.61. The molecule has 124 valence electrons. The lowest BCUT2D eigenvalue weighted by Gasteiger charge is -2.11. The number of methoxy groups -OCH3 is 1. The molecule has 0 aliphatic carbocycles. The molecule has 0 unspecified atom stereocenters. The number of benzene rings is 1. The molecule has 0 atom stereocenters. The number of aliphatic hydroxyl groups excluding tert-OH is 1. The van der Waals surface area contributed by atoms with Gasteiger partial charge in [-0.2, -0.15) is 8.78 Å². The van der Waals surface area contributed by atoms with Gasteiger partial charge in [0.1, 0.15) is 0 Å². The normalized spacial score (nSPS) is 10.6. The number of carbonyl (C=O) groups is 1. The Hall–Kier alpha value is -1.93. The van der Waals surface area contributed by atoms with Crippen molar-refractivity contribution in [2.24, 2.45) is 0 Å². The minimum absolute atomic E-state index is 0.0483. The molecule has 6 nitrogen and oxygen atoms in total. The summed E-state index contributed by atoms with van der Waals surface area (Å²) in [6.45, 7) is -1.89. The topological polar surface area (TPSA) is 77.0 Å². The van der Waals surface area contributed by atoms with E-state index in [9.17, 15) is 13.6 Å². The van der Waals surface area contributed by atoms with Gasteiger partial charge in [-0.05, 0) is 24.6 Å². The first-order chi connectivity index (χ1) is 10.6. The fourth-order valence-electron chi connectivity index (χ4n) is 1.61. The number of halogens is 2. The lowest BCUT2D eigenvalue weighted by atomic mass is 10.2. The number of hydrogen-bond donors (Lipinski definition) is 2. The molecule has 0 bridgehead atoms. The minimum Gasteiger partial charge on any atom is -0.493 e. The van der Waals surface area contributed by atoms with E-state index in [0.717, 1.165) is 0 Å². The van der Waals surface area contributed by atoms with E-state index in [4.69, 9.17) is 14.6 Å². The number of carbonyl (C=O) groups excluding carboxylic acids is 1. The minimum atomic E-state index is -2.97. The van der Waals surface area contributed by atoms with Crippen LogP contribution in [0, 0.1) is 0 Å². The number of hydrogen-bond acceptors (Lipinski definition) is 5. The molecular weight excluding hydrogens is 300 g/mol. The maximum atomic E-state index is 12.2. The Morgan fingerprint density at radius 3 is 2.73 bits per heavy atom. The van der Waals surface area contributed by atoms with E-state index >= 15 is 0 Å². The third-order valence-electron chi connectivity index (χ3n) is 2.62. The van der Waals surface area contributed by atoms with Crippen molar-refractivity contribution in [3.63, 3.8) is 0 Å². The Labute approximate surface area is 127 Å². The molecule has 0 spiro atoms. The van der Waals surface area contributed by atoms with E-state index in [2.05, 4.69) is 10.1 Å². The van der Waals surface area contributed by atoms with Crippen LogP contribution in [0.25, 0.3) is 0 Å². The van der Waals surface area contributed by atoms with Crippen LogP contribution in [0.4, 0.5) is 8.78 Å². The molecule has 8 heteroatoms. The van der Waals surface area contributed by atoms with Crippen molar-refractivity contribution < 1.29 is 32.9 Å². The highest BCUT2D eigenvalue weighted by molar-refractivity contribution is 5.94. The first kappa shape index (κ1) is 18.1. The van der Waals surface area contributed by atoms with E-state index in [1.165, 1.54) is 25.3 Å². The van der Waals surface area contributed by atoms with Gasteiger partial charge in [0.05, 0.1) is 13.7 Å². The molecule has 1 rings (SSSR count). The summed E-state index contributed by atoms with van der Waals surface area (Å²) in [5, 5.41) is 11.2. The summed E-state index contributed by atoms with van der Waals surface area (Å²) < 4.78 is 38.8. The number of alkyl halides is 2. The molecule has 1 aromatic carbocycles. The second-order valence-corrected chi connectivity index (χ2v) is 4.19. The van der Waals surface area contributed by atoms with E-state index < -0.39 is 6.61 Å². The monoisotopic (exact) mass is 319 g/mol. The molecule has 2 N–H and O–H groups in total. The Morgan fingerprint density at radius 1 is 1.32 bits per heavy atom. The van der Waals surface area contributed by atoms with Gasteiger partial charge in [-0.3, -0.25) is 4.79 Å². The highest BCUT2D eigenvalue weighted by Gasteiger charge is 2.13. The van der Waals surface area contributed by atoms with Gasteiger partial charge in [-0.1, -0.05) is 0 Å². The van der Waals surface area contributed by atoms with Crippen LogP contribution in [0.2, 0.25) is 0 Å². The third kappa shape index (κ3) is 6.23. The number of ether oxygens (including phenoxy) is 3. The lowest BCUT2D eigenvalue weighted by molar-refractivity contribution is -0.0512. The third-order valence-corrected chi connectivity index (χ3v) is 2.62. The molecule has 0 saturated carbocycles. The molecule has 22 heavy (non-hydrogen) atoms. The van der Waals surface area contributed by atoms with Gasteiger partial charge in [0.25, 0.3) is 5.91 Å². The van der Waals surface area contributed by atoms with Crippen LogP contribution in [0.3, 0.4) is 0 Å². The van der Waals surface area contributed by atoms with Crippen LogP contribution in [0.1, 0.15) is 16.8 Å². The van der Waals surface area contributed by atoms with Crippen LogP contribution in [-0.4, -0.2) is 51.1 Å². The van der Waals surface area contributed by atoms with Crippen molar-refractivity contribution in [2.45, 2.75) is 13.0 Å². The van der Waals surface area contributed by atoms with Crippen LogP contribution in [0.5, 0.6) is 11.5 Å². The van der Waals surface area contributed by atoms with Crippen molar-refractivity contribution >= 4 is 5.91 Å². The number of rotatable bonds is 10. The van der Waals surface area contributed by atoms with Crippen molar-refractivity contribution in [3.05, 3.63) is 23.8 Å². The Bertz CT molecular complexity index is 471. The maximum Gasteiger partial charge on any atom is 0.387 e. The second-order valence-electron chi connectivity index (χ2n) is 4.19. The average Bonchev–Trinajstić information content (AvgIpc) is 2.50. The Kier molecular flexibility index (Phi) is 8.16. The first-order valence-corrected chi connectivity index (χ1v) is 6.68. The van der Waals surface area contributed by atoms with E-state index in [1.54, 1.807) is 0 Å². The quantitative estimate of drug-likeness (QED) is 0.638. The molecule has 1 aromatic rings. The van der Waals surface area contributed by atoms with Gasteiger partial charge in [-0.15, -0.1) is 0 Å². The van der Waals surface area contributed by atoms with E-state index in [0.29, 0.717) is 26.2 Å². The van der Waals surface area contributed by atoms with Crippen molar-refractivity contribution in [2.75, 3.05) is 33.5 Å². The van der Waals surface area contributed by atoms with E-state index in [-0.39, 0.29) is 29.6 Å². The smallest absolute Gasteiger partial charge is 0.387 e. The maximum absolute atomic E-state index is 12.2. The van der Waals surface area contributed by atoms with Crippen molar-refractivity contribution in [1.29, 1.82) is 0 Å². The number of amides is 1. The molecule has 0 aliphatic rings. The van der Waals surface area contributed by atoms with Crippen molar-refractivity contribution in [3.8, 4) is 11.5 Å². The molecule has 0 heterocycles. The molecular formula is C14H19F2NO5. The summed E-state index contributed by atoms with van der Waals surface area (Å²) in [6.07, 6.45) is 0.538. The van der Waals surface area contributed by atoms with Gasteiger partial charge in [0, 0.05) is 25.3 Å². The predicted molar refractivity (Wildman–Crippen MR) is 74.5 cm³/mol. The molecule has 1 amide bonds. The van der Waals surface area contributed by atoms with Crippen LogP contribution >= 0.6 is 0 Å². The molecule has 0 aromatic heterocycles. The summed E-state index contributed by atoms with van der Waals surface area (Å²) in [7, 11) is 1.30. The molecule has 0 fully saturated rings. The average molecular weight is 319 g/mol. The van der Waals surface area contributed by atoms with Crippen LogP contribution in [0.15, 0.2) is 18.2 Å². The zero-order valence-electron chi connectivity index (χ0n) is 12.2. The summed E-state index contributed by atoms with van der Waals surface area (Å²) in [5.74, 6) is -0.471. The van der Waals surface area contributed by atoms with Gasteiger partial charge in [-0.25, -0.2) is 0 Å². The predicted octanol–water partition coefficient (Wildman–Crippen LogP) is 1.43. The van der Waals surface area contributed by atoms with E-state index in [1.807, 2.05) is 0 Å². The lowest BCUT2D eigenvalue weighted by Crippen LogP contribution is -2.27. The molecule has 0 aliphatic heterocycles. The van der Waals surface area contributed by atoms with Crippen molar-refractivity contribution in [1.82, 2.24) is 5.32 Å². The Balaban J connectivity index is 2.51. The molecule has 0 saturated heterocycles. The number of nitrogens with one attached hydrogen (secondary N) is 1. The van der Waals surface area contributed by atoms with Crippen LogP contribution in [-0.2, 0) is 4.74 Å². The fraction of sp³-hybridized carbons (Fsp3) is 0.500. The van der Waals surface area contributed by atoms with Gasteiger partial charge in [0.15, 0.2) is 11.5 Å². The molecule has 0 radical (unpaired) electrons. The first-order valence-electron chi connectivity index (χ1n) is 6.68. The zero-order chi connectivity index (χ0) is 16.4. The Morgan fingerprint density at radius 2 is 2.09 bits per heavy atom. The largest absolute Gasteiger partial charge is 0.493 e. The summed E-state index contributed by atoms with van der Waals surface area (Å²) in [6, 6.07) is 3.93. The number of aliphatic hydroxyl groups is 1. The van der Waals surface area contributed by atoms with Crippen LogP contribution < -0.4 is 14.8 Å². The SMILES string of the molecule is COc1cc(C(=O)NCCOCCCO)ccc1OC(F)F. The zero-order valence-corrected chi connectivity index (χ0v) is 12.2. The van der Waals surface area contributed by atoms with Gasteiger partial charge >= 0.3 is 6.61 Å². The summed E-state index contributed by atoms with van der Waals surface area (Å²) in [4.78, 5) is 11.9. The summed E-state index contributed by atoms with van der Waals surface area (Å²) >= 11 is 0. The van der Waals surface area contributed by atoms with Gasteiger partial charge < -0.3 is 24.6 Å². The van der Waals surface area contributed by atoms with Gasteiger partial charge in [0.2, 0.25) is 0 Å². The second kappa shape index (κ2) is 9.91. The highest BCUT2D eigenvalue weighted by atomic mass is 19.3. The summed E-state index contributed by atoms with van der Waals surface area (Å²) in [5.41, 5.74) is 0.258. The highest BCUT2D eigenvalue weighted by Crippen LogP contribution is 2.29.